The molecule has 1 aromatic rings. The minimum Gasteiger partial charge on any atom is -0.353 e. The number of nitrogens with one attached hydrogen (secondary N) is 1. The van der Waals surface area contributed by atoms with Gasteiger partial charge in [-0.15, -0.1) is 0 Å². The Morgan fingerprint density at radius 3 is 3.13 bits per heavy atom. The summed E-state index contributed by atoms with van der Waals surface area (Å²) in [6, 6.07) is 0. The maximum Gasteiger partial charge on any atom is 0.239 e. The van der Waals surface area contributed by atoms with Crippen LogP contribution in [-0.4, -0.2) is 35.5 Å². The van der Waals surface area contributed by atoms with Crippen molar-refractivity contribution in [2.75, 3.05) is 24.5 Å². The van der Waals surface area contributed by atoms with Crippen molar-refractivity contribution in [3.05, 3.63) is 16.5 Å². The number of aryl methyl sites for hydroxylation is 1. The first kappa shape index (κ1) is 10.4. The van der Waals surface area contributed by atoms with Gasteiger partial charge in [-0.3, -0.25) is 4.79 Å². The van der Waals surface area contributed by atoms with Crippen LogP contribution in [0.15, 0.2) is 10.7 Å². The lowest BCUT2D eigenvalue weighted by molar-refractivity contribution is -0.120. The highest BCUT2D eigenvalue weighted by molar-refractivity contribution is 9.10. The molecule has 1 aliphatic heterocycles. The molecule has 0 saturated carbocycles. The standard InChI is InChI=1S/C9H11BrN4O/c1-6-12-4-7(10)9(13-6)14-3-2-11-8(15)5-14/h4H,2-3,5H2,1H3,(H,11,15). The second kappa shape index (κ2) is 4.14. The third-order valence-corrected chi connectivity index (χ3v) is 2.74. The number of rotatable bonds is 1. The number of nitrogens with zero attached hydrogens (tertiary/aromatic N) is 3. The highest BCUT2D eigenvalue weighted by Crippen LogP contribution is 2.23. The summed E-state index contributed by atoms with van der Waals surface area (Å²) >= 11 is 3.39. The molecule has 1 N–H and O–H groups in total. The largest absolute Gasteiger partial charge is 0.353 e. The predicted molar refractivity (Wildman–Crippen MR) is 59.7 cm³/mol. The first-order valence-electron chi connectivity index (χ1n) is 4.67. The van der Waals surface area contributed by atoms with Crippen LogP contribution in [0.1, 0.15) is 5.82 Å². The number of amides is 1. The Kier molecular flexibility index (Phi) is 2.86. The number of carbonyl (C=O) groups is 1. The van der Waals surface area contributed by atoms with Crippen LogP contribution in [-0.2, 0) is 4.79 Å². The number of aromatic nitrogens is 2. The Labute approximate surface area is 96.0 Å². The summed E-state index contributed by atoms with van der Waals surface area (Å²) in [7, 11) is 0. The van der Waals surface area contributed by atoms with Crippen molar-refractivity contribution in [1.29, 1.82) is 0 Å². The molecular formula is C9H11BrN4O. The average molecular weight is 271 g/mol. The molecule has 0 atom stereocenters. The third kappa shape index (κ3) is 2.26. The van der Waals surface area contributed by atoms with Crippen LogP contribution >= 0.6 is 15.9 Å². The van der Waals surface area contributed by atoms with Gasteiger partial charge in [0.25, 0.3) is 0 Å². The molecule has 0 bridgehead atoms. The SMILES string of the molecule is Cc1ncc(Br)c(N2CCNC(=O)C2)n1. The van der Waals surface area contributed by atoms with Gasteiger partial charge in [-0.25, -0.2) is 9.97 Å². The number of halogens is 1. The maximum absolute atomic E-state index is 11.2. The second-order valence-corrected chi connectivity index (χ2v) is 4.21. The Bertz CT molecular complexity index is 396. The first-order valence-corrected chi connectivity index (χ1v) is 5.47. The van der Waals surface area contributed by atoms with Gasteiger partial charge in [0.2, 0.25) is 5.91 Å². The quantitative estimate of drug-likeness (QED) is 0.807. The summed E-state index contributed by atoms with van der Waals surface area (Å²) in [5, 5.41) is 2.78. The monoisotopic (exact) mass is 270 g/mol. The molecular weight excluding hydrogens is 260 g/mol. The highest BCUT2D eigenvalue weighted by Gasteiger charge is 2.19. The van der Waals surface area contributed by atoms with E-state index in [4.69, 9.17) is 0 Å². The van der Waals surface area contributed by atoms with Crippen LogP contribution in [0.25, 0.3) is 0 Å². The van der Waals surface area contributed by atoms with E-state index in [1.165, 1.54) is 0 Å². The lowest BCUT2D eigenvalue weighted by Gasteiger charge is -2.28. The second-order valence-electron chi connectivity index (χ2n) is 3.36. The molecule has 1 fully saturated rings. The molecule has 2 heterocycles. The fourth-order valence-corrected chi connectivity index (χ4v) is 1.93. The lowest BCUT2D eigenvalue weighted by atomic mass is 10.3. The molecule has 1 saturated heterocycles. The van der Waals surface area contributed by atoms with Crippen LogP contribution in [0.4, 0.5) is 5.82 Å². The van der Waals surface area contributed by atoms with Crippen LogP contribution in [0.3, 0.4) is 0 Å². The zero-order valence-electron chi connectivity index (χ0n) is 8.33. The molecule has 0 spiro atoms. The number of anilines is 1. The molecule has 1 amide bonds. The Morgan fingerprint density at radius 2 is 2.40 bits per heavy atom. The van der Waals surface area contributed by atoms with Crippen molar-refractivity contribution < 1.29 is 4.79 Å². The van der Waals surface area contributed by atoms with E-state index in [0.29, 0.717) is 18.9 Å². The Balaban J connectivity index is 2.27. The first-order chi connectivity index (χ1) is 7.16. The van der Waals surface area contributed by atoms with Crippen molar-refractivity contribution in [2.24, 2.45) is 0 Å². The van der Waals surface area contributed by atoms with Crippen molar-refractivity contribution >= 4 is 27.7 Å². The van der Waals surface area contributed by atoms with E-state index in [1.54, 1.807) is 6.20 Å². The topological polar surface area (TPSA) is 58.1 Å². The van der Waals surface area contributed by atoms with Gasteiger partial charge in [0, 0.05) is 19.3 Å². The molecule has 80 valence electrons. The van der Waals surface area contributed by atoms with E-state index < -0.39 is 0 Å². The average Bonchev–Trinajstić information content (AvgIpc) is 2.22. The van der Waals surface area contributed by atoms with E-state index in [2.05, 4.69) is 31.2 Å². The van der Waals surface area contributed by atoms with Crippen molar-refractivity contribution in [3.63, 3.8) is 0 Å². The van der Waals surface area contributed by atoms with E-state index in [1.807, 2.05) is 11.8 Å². The summed E-state index contributed by atoms with van der Waals surface area (Å²) in [4.78, 5) is 21.6. The summed E-state index contributed by atoms with van der Waals surface area (Å²) in [6.07, 6.45) is 1.71. The maximum atomic E-state index is 11.2. The van der Waals surface area contributed by atoms with Gasteiger partial charge in [0.1, 0.15) is 11.6 Å². The summed E-state index contributed by atoms with van der Waals surface area (Å²) in [5.74, 6) is 1.53. The molecule has 15 heavy (non-hydrogen) atoms. The summed E-state index contributed by atoms with van der Waals surface area (Å²) in [5.41, 5.74) is 0. The van der Waals surface area contributed by atoms with Crippen LogP contribution < -0.4 is 10.2 Å². The summed E-state index contributed by atoms with van der Waals surface area (Å²) in [6.45, 7) is 3.63. The van der Waals surface area contributed by atoms with Gasteiger partial charge in [-0.1, -0.05) is 0 Å². The minimum atomic E-state index is 0.0319. The molecule has 0 unspecified atom stereocenters. The summed E-state index contributed by atoms with van der Waals surface area (Å²) < 4.78 is 0.822. The molecule has 5 nitrogen and oxygen atoms in total. The van der Waals surface area contributed by atoms with Gasteiger partial charge in [-0.05, 0) is 22.9 Å². The minimum absolute atomic E-state index is 0.0319. The van der Waals surface area contributed by atoms with Crippen LogP contribution in [0.5, 0.6) is 0 Å². The van der Waals surface area contributed by atoms with Gasteiger partial charge >= 0.3 is 0 Å². The van der Waals surface area contributed by atoms with E-state index in [-0.39, 0.29) is 5.91 Å². The van der Waals surface area contributed by atoms with Gasteiger partial charge < -0.3 is 10.2 Å². The number of carbonyl (C=O) groups excluding carboxylic acids is 1. The molecule has 1 aliphatic rings. The van der Waals surface area contributed by atoms with E-state index in [9.17, 15) is 4.79 Å². The zero-order valence-corrected chi connectivity index (χ0v) is 9.91. The van der Waals surface area contributed by atoms with Crippen LogP contribution in [0, 0.1) is 6.92 Å². The normalized spacial score (nSPS) is 16.4. The predicted octanol–water partition coefficient (Wildman–Crippen LogP) is 0.484. The van der Waals surface area contributed by atoms with Crippen LogP contribution in [0.2, 0.25) is 0 Å². The van der Waals surface area contributed by atoms with E-state index in [0.717, 1.165) is 16.8 Å². The smallest absolute Gasteiger partial charge is 0.239 e. The molecule has 1 aromatic heterocycles. The molecule has 0 radical (unpaired) electrons. The molecule has 2 rings (SSSR count). The van der Waals surface area contributed by atoms with E-state index >= 15 is 0 Å². The number of hydrogen-bond donors (Lipinski definition) is 1. The lowest BCUT2D eigenvalue weighted by Crippen LogP contribution is -2.48. The van der Waals surface area contributed by atoms with Gasteiger partial charge in [0.05, 0.1) is 11.0 Å². The van der Waals surface area contributed by atoms with Crippen molar-refractivity contribution in [1.82, 2.24) is 15.3 Å². The Morgan fingerprint density at radius 1 is 1.60 bits per heavy atom. The van der Waals surface area contributed by atoms with Crippen molar-refractivity contribution in [3.8, 4) is 0 Å². The van der Waals surface area contributed by atoms with Gasteiger partial charge in [0.15, 0.2) is 0 Å². The zero-order chi connectivity index (χ0) is 10.8. The highest BCUT2D eigenvalue weighted by atomic mass is 79.9. The fraction of sp³-hybridized carbons (Fsp3) is 0.444. The number of piperazine rings is 1. The molecule has 0 aliphatic carbocycles. The fourth-order valence-electron chi connectivity index (χ4n) is 1.48. The molecule has 6 heteroatoms. The van der Waals surface area contributed by atoms with Gasteiger partial charge in [-0.2, -0.15) is 0 Å². The number of hydrogen-bond acceptors (Lipinski definition) is 4. The third-order valence-electron chi connectivity index (χ3n) is 2.18. The van der Waals surface area contributed by atoms with Crippen molar-refractivity contribution in [2.45, 2.75) is 6.92 Å². The Hall–Kier alpha value is -1.17. The molecule has 0 aromatic carbocycles.